The lowest BCUT2D eigenvalue weighted by Crippen LogP contribution is -2.28. The number of anilines is 1. The maximum atomic E-state index is 6.18. The Bertz CT molecular complexity index is 753. The SMILES string of the molecule is CCN(CCOc1cc(C)c(NC(N)=S)cc1C(C)C)Cc1ccccc1.Cl. The van der Waals surface area contributed by atoms with Gasteiger partial charge in [-0.2, -0.15) is 0 Å². The lowest BCUT2D eigenvalue weighted by Gasteiger charge is -2.22. The molecule has 0 aliphatic rings. The van der Waals surface area contributed by atoms with Crippen molar-refractivity contribution >= 4 is 35.4 Å². The highest BCUT2D eigenvalue weighted by atomic mass is 35.5. The number of halogens is 1. The molecule has 0 aliphatic heterocycles. The number of aryl methyl sites for hydroxylation is 1. The fourth-order valence-electron chi connectivity index (χ4n) is 3.02. The zero-order valence-corrected chi connectivity index (χ0v) is 18.8. The zero-order chi connectivity index (χ0) is 19.8. The first-order valence-electron chi connectivity index (χ1n) is 9.50. The molecule has 2 rings (SSSR count). The summed E-state index contributed by atoms with van der Waals surface area (Å²) in [6.45, 7) is 12.0. The second kappa shape index (κ2) is 11.9. The molecular weight excluding hydrogens is 390 g/mol. The van der Waals surface area contributed by atoms with Crippen LogP contribution in [0, 0.1) is 6.92 Å². The Labute approximate surface area is 180 Å². The van der Waals surface area contributed by atoms with Crippen molar-refractivity contribution in [2.45, 2.75) is 40.2 Å². The monoisotopic (exact) mass is 421 g/mol. The molecule has 6 heteroatoms. The topological polar surface area (TPSA) is 50.5 Å². The summed E-state index contributed by atoms with van der Waals surface area (Å²) >= 11 is 4.97. The molecule has 0 amide bonds. The fraction of sp³-hybridized carbons (Fsp3) is 0.409. The quantitative estimate of drug-likeness (QED) is 0.552. The van der Waals surface area contributed by atoms with E-state index < -0.39 is 0 Å². The smallest absolute Gasteiger partial charge is 0.168 e. The van der Waals surface area contributed by atoms with Gasteiger partial charge in [-0.15, -0.1) is 12.4 Å². The number of nitrogens with two attached hydrogens (primary N) is 1. The van der Waals surface area contributed by atoms with Gasteiger partial charge in [-0.05, 0) is 60.4 Å². The Morgan fingerprint density at radius 2 is 1.89 bits per heavy atom. The largest absolute Gasteiger partial charge is 0.492 e. The summed E-state index contributed by atoms with van der Waals surface area (Å²) in [5.74, 6) is 1.28. The van der Waals surface area contributed by atoms with Crippen LogP contribution >= 0.6 is 24.6 Å². The maximum absolute atomic E-state index is 6.18. The summed E-state index contributed by atoms with van der Waals surface area (Å²) in [4.78, 5) is 2.39. The number of thiocarbonyl (C=S) groups is 1. The average molecular weight is 422 g/mol. The summed E-state index contributed by atoms with van der Waals surface area (Å²) in [6, 6.07) is 14.7. The van der Waals surface area contributed by atoms with Crippen molar-refractivity contribution in [1.29, 1.82) is 0 Å². The standard InChI is InChI=1S/C22H31N3OS.ClH/c1-5-25(15-18-9-7-6-8-10-18)11-12-26-21-13-17(4)20(24-22(23)27)14-19(21)16(2)3;/h6-10,13-14,16H,5,11-12,15H2,1-4H3,(H3,23,24,27);1H. The number of ether oxygens (including phenoxy) is 1. The third-order valence-electron chi connectivity index (χ3n) is 4.60. The van der Waals surface area contributed by atoms with Crippen LogP contribution in [0.3, 0.4) is 0 Å². The molecule has 3 N–H and O–H groups in total. The number of rotatable bonds is 9. The fourth-order valence-corrected chi connectivity index (χ4v) is 3.13. The van der Waals surface area contributed by atoms with Crippen LogP contribution in [0.15, 0.2) is 42.5 Å². The molecular formula is C22H32ClN3OS. The molecule has 28 heavy (non-hydrogen) atoms. The van der Waals surface area contributed by atoms with Crippen molar-refractivity contribution < 1.29 is 4.74 Å². The van der Waals surface area contributed by atoms with Crippen LogP contribution in [0.1, 0.15) is 43.4 Å². The molecule has 0 radical (unpaired) electrons. The molecule has 2 aromatic rings. The van der Waals surface area contributed by atoms with Gasteiger partial charge in [0.1, 0.15) is 12.4 Å². The molecule has 154 valence electrons. The number of hydrogen-bond acceptors (Lipinski definition) is 3. The van der Waals surface area contributed by atoms with Crippen molar-refractivity contribution in [3.8, 4) is 5.75 Å². The Morgan fingerprint density at radius 3 is 2.46 bits per heavy atom. The number of benzene rings is 2. The van der Waals surface area contributed by atoms with Gasteiger partial charge in [-0.3, -0.25) is 4.90 Å². The Morgan fingerprint density at radius 1 is 1.21 bits per heavy atom. The van der Waals surface area contributed by atoms with Gasteiger partial charge in [0.15, 0.2) is 5.11 Å². The normalized spacial score (nSPS) is 10.6. The van der Waals surface area contributed by atoms with Gasteiger partial charge in [0.2, 0.25) is 0 Å². The van der Waals surface area contributed by atoms with Gasteiger partial charge < -0.3 is 15.8 Å². The molecule has 4 nitrogen and oxygen atoms in total. The van der Waals surface area contributed by atoms with E-state index in [2.05, 4.69) is 73.5 Å². The Hall–Kier alpha value is -1.82. The van der Waals surface area contributed by atoms with Gasteiger partial charge >= 0.3 is 0 Å². The van der Waals surface area contributed by atoms with E-state index in [1.165, 1.54) is 5.56 Å². The average Bonchev–Trinajstić information content (AvgIpc) is 2.63. The molecule has 0 bridgehead atoms. The predicted molar refractivity (Wildman–Crippen MR) is 126 cm³/mol. The van der Waals surface area contributed by atoms with E-state index in [1.54, 1.807) is 0 Å². The van der Waals surface area contributed by atoms with Crippen LogP contribution in [0.4, 0.5) is 5.69 Å². The third kappa shape index (κ3) is 7.30. The van der Waals surface area contributed by atoms with E-state index in [-0.39, 0.29) is 17.5 Å². The van der Waals surface area contributed by atoms with Crippen molar-refractivity contribution in [3.63, 3.8) is 0 Å². The molecule has 0 aromatic heterocycles. The minimum absolute atomic E-state index is 0. The lowest BCUT2D eigenvalue weighted by atomic mass is 9.99. The van der Waals surface area contributed by atoms with E-state index >= 15 is 0 Å². The minimum Gasteiger partial charge on any atom is -0.492 e. The van der Waals surface area contributed by atoms with Crippen LogP contribution in [-0.4, -0.2) is 29.7 Å². The van der Waals surface area contributed by atoms with Crippen molar-refractivity contribution in [1.82, 2.24) is 4.90 Å². The first-order valence-corrected chi connectivity index (χ1v) is 9.91. The first kappa shape index (κ1) is 24.2. The number of hydrogen-bond donors (Lipinski definition) is 2. The summed E-state index contributed by atoms with van der Waals surface area (Å²) in [7, 11) is 0. The summed E-state index contributed by atoms with van der Waals surface area (Å²) in [5, 5.41) is 3.33. The van der Waals surface area contributed by atoms with E-state index in [0.29, 0.717) is 12.5 Å². The molecule has 0 unspecified atom stereocenters. The second-order valence-electron chi connectivity index (χ2n) is 7.05. The Kier molecular flexibility index (Phi) is 10.3. The van der Waals surface area contributed by atoms with Gasteiger partial charge in [-0.1, -0.05) is 51.1 Å². The molecule has 0 fully saturated rings. The van der Waals surface area contributed by atoms with Gasteiger partial charge in [0.25, 0.3) is 0 Å². The second-order valence-corrected chi connectivity index (χ2v) is 7.49. The minimum atomic E-state index is 0. The Balaban J connectivity index is 0.00000392. The van der Waals surface area contributed by atoms with Crippen LogP contribution in [0.5, 0.6) is 5.75 Å². The van der Waals surface area contributed by atoms with Gasteiger partial charge in [0.05, 0.1) is 0 Å². The highest BCUT2D eigenvalue weighted by molar-refractivity contribution is 7.80. The number of nitrogens with zero attached hydrogens (tertiary/aromatic N) is 1. The highest BCUT2D eigenvalue weighted by Gasteiger charge is 2.13. The highest BCUT2D eigenvalue weighted by Crippen LogP contribution is 2.32. The third-order valence-corrected chi connectivity index (χ3v) is 4.70. The predicted octanol–water partition coefficient (Wildman–Crippen LogP) is 5.10. The summed E-state index contributed by atoms with van der Waals surface area (Å²) in [6.07, 6.45) is 0. The van der Waals surface area contributed by atoms with Crippen LogP contribution < -0.4 is 15.8 Å². The molecule has 0 spiro atoms. The van der Waals surface area contributed by atoms with Gasteiger partial charge in [-0.25, -0.2) is 0 Å². The van der Waals surface area contributed by atoms with E-state index in [4.69, 9.17) is 22.7 Å². The number of nitrogens with one attached hydrogen (secondary N) is 1. The molecule has 0 aliphatic carbocycles. The van der Waals surface area contributed by atoms with Crippen LogP contribution in [0.25, 0.3) is 0 Å². The summed E-state index contributed by atoms with van der Waals surface area (Å²) in [5.41, 5.74) is 10.1. The molecule has 0 saturated carbocycles. The zero-order valence-electron chi connectivity index (χ0n) is 17.2. The molecule has 0 saturated heterocycles. The maximum Gasteiger partial charge on any atom is 0.168 e. The first-order chi connectivity index (χ1) is 12.9. The van der Waals surface area contributed by atoms with E-state index in [0.717, 1.165) is 42.2 Å². The van der Waals surface area contributed by atoms with Crippen LogP contribution in [0.2, 0.25) is 0 Å². The molecule has 2 aromatic carbocycles. The lowest BCUT2D eigenvalue weighted by molar-refractivity contribution is 0.208. The van der Waals surface area contributed by atoms with E-state index in [1.807, 2.05) is 6.92 Å². The van der Waals surface area contributed by atoms with Crippen LogP contribution in [-0.2, 0) is 6.54 Å². The van der Waals surface area contributed by atoms with Crippen molar-refractivity contribution in [2.75, 3.05) is 25.0 Å². The van der Waals surface area contributed by atoms with Crippen molar-refractivity contribution in [2.24, 2.45) is 5.73 Å². The molecule has 0 heterocycles. The van der Waals surface area contributed by atoms with E-state index in [9.17, 15) is 0 Å². The number of likely N-dealkylation sites (N-methyl/N-ethyl adjacent to an activating group) is 1. The summed E-state index contributed by atoms with van der Waals surface area (Å²) < 4.78 is 6.18. The molecule has 0 atom stereocenters. The van der Waals surface area contributed by atoms with Crippen molar-refractivity contribution in [3.05, 3.63) is 59.2 Å². The van der Waals surface area contributed by atoms with Gasteiger partial charge in [0, 0.05) is 18.8 Å².